The number of benzene rings is 3. The average molecular weight is 518 g/mol. The molecule has 5 rings (SSSR count). The van der Waals surface area contributed by atoms with E-state index in [2.05, 4.69) is 15.6 Å². The van der Waals surface area contributed by atoms with Crippen molar-refractivity contribution >= 4 is 28.2 Å². The van der Waals surface area contributed by atoms with Crippen LogP contribution in [-0.4, -0.2) is 31.7 Å². The summed E-state index contributed by atoms with van der Waals surface area (Å²) in [6.45, 7) is 4.51. The Hall–Kier alpha value is -4.33. The lowest BCUT2D eigenvalue weighted by Gasteiger charge is -2.17. The Morgan fingerprint density at radius 3 is 2.16 bits per heavy atom. The number of nitrogens with one attached hydrogen (secondary N) is 2. The fourth-order valence-corrected chi connectivity index (χ4v) is 4.01. The maximum absolute atomic E-state index is 13.1. The largest absolute Gasteiger partial charge is 0.493 e. The Kier molecular flexibility index (Phi) is 8.31. The Bertz CT molecular complexity index is 1390. The van der Waals surface area contributed by atoms with Gasteiger partial charge in [-0.05, 0) is 73.5 Å². The van der Waals surface area contributed by atoms with E-state index in [0.717, 1.165) is 29.4 Å². The monoisotopic (exact) mass is 517 g/mol. The quantitative estimate of drug-likeness (QED) is 0.248. The van der Waals surface area contributed by atoms with Gasteiger partial charge in [-0.1, -0.05) is 13.8 Å². The maximum Gasteiger partial charge on any atom is 0.232 e. The van der Waals surface area contributed by atoms with Crippen molar-refractivity contribution in [2.45, 2.75) is 26.7 Å². The number of hydrogen-bond acceptors (Lipinski definition) is 6. The molecule has 8 heteroatoms. The number of pyridine rings is 1. The summed E-state index contributed by atoms with van der Waals surface area (Å²) in [5, 5.41) is 7.05. The van der Waals surface area contributed by atoms with Gasteiger partial charge in [0.15, 0.2) is 11.5 Å². The fourth-order valence-electron chi connectivity index (χ4n) is 4.01. The molecule has 2 N–H and O–H groups in total. The number of carbonyl (C=O) groups is 1. The van der Waals surface area contributed by atoms with Gasteiger partial charge in [-0.2, -0.15) is 0 Å². The van der Waals surface area contributed by atoms with Crippen molar-refractivity contribution in [2.75, 3.05) is 31.4 Å². The highest BCUT2D eigenvalue weighted by Crippen LogP contribution is 2.46. The zero-order chi connectivity index (χ0) is 27.1. The van der Waals surface area contributed by atoms with Crippen LogP contribution in [0.1, 0.15) is 26.7 Å². The van der Waals surface area contributed by atoms with Gasteiger partial charge in [0.2, 0.25) is 5.91 Å². The lowest BCUT2D eigenvalue weighted by molar-refractivity contribution is -0.120. The summed E-state index contributed by atoms with van der Waals surface area (Å²) in [5.74, 6) is 2.12. The minimum absolute atomic E-state index is 0.0572. The van der Waals surface area contributed by atoms with Gasteiger partial charge in [0.1, 0.15) is 17.3 Å². The summed E-state index contributed by atoms with van der Waals surface area (Å²) in [4.78, 5) is 17.2. The molecule has 0 atom stereocenters. The molecular weight excluding hydrogens is 485 g/mol. The van der Waals surface area contributed by atoms with E-state index < -0.39 is 5.41 Å². The molecule has 1 heterocycles. The molecule has 0 spiro atoms. The van der Waals surface area contributed by atoms with Gasteiger partial charge < -0.3 is 24.8 Å². The molecule has 0 unspecified atom stereocenters. The molecule has 1 aliphatic rings. The Morgan fingerprint density at radius 1 is 0.895 bits per heavy atom. The molecule has 1 aromatic heterocycles. The summed E-state index contributed by atoms with van der Waals surface area (Å²) in [7, 11) is 3.17. The molecule has 0 aliphatic heterocycles. The van der Waals surface area contributed by atoms with Crippen molar-refractivity contribution in [3.05, 3.63) is 78.7 Å². The van der Waals surface area contributed by atoms with Crippen molar-refractivity contribution < 1.29 is 23.4 Å². The number of halogens is 1. The highest BCUT2D eigenvalue weighted by molar-refractivity contribution is 5.97. The van der Waals surface area contributed by atoms with E-state index in [4.69, 9.17) is 14.2 Å². The second-order valence-electron chi connectivity index (χ2n) is 8.75. The zero-order valence-corrected chi connectivity index (χ0v) is 22.0. The lowest BCUT2D eigenvalue weighted by atomic mass is 10.1. The van der Waals surface area contributed by atoms with Gasteiger partial charge in [-0.25, -0.2) is 4.39 Å². The summed E-state index contributed by atoms with van der Waals surface area (Å²) in [6.07, 6.45) is 3.29. The number of hydrogen-bond donors (Lipinski definition) is 2. The van der Waals surface area contributed by atoms with Crippen molar-refractivity contribution in [1.82, 2.24) is 4.98 Å². The van der Waals surface area contributed by atoms with E-state index in [1.807, 2.05) is 50.2 Å². The number of anilines is 2. The van der Waals surface area contributed by atoms with Crippen molar-refractivity contribution in [1.29, 1.82) is 0 Å². The molecule has 198 valence electrons. The summed E-state index contributed by atoms with van der Waals surface area (Å²) >= 11 is 0. The number of nitrogens with zero attached hydrogens (tertiary/aromatic N) is 1. The van der Waals surface area contributed by atoms with Crippen LogP contribution in [0, 0.1) is 11.2 Å². The number of aromatic nitrogens is 1. The normalized spacial score (nSPS) is 13.1. The molecule has 3 aromatic carbocycles. The van der Waals surface area contributed by atoms with Crippen LogP contribution in [0.4, 0.5) is 15.8 Å². The molecule has 7 nitrogen and oxygen atoms in total. The molecule has 1 aliphatic carbocycles. The van der Waals surface area contributed by atoms with Crippen LogP contribution in [0.25, 0.3) is 10.9 Å². The van der Waals surface area contributed by atoms with Gasteiger partial charge in [0.25, 0.3) is 0 Å². The standard InChI is InChI=1S/C28H26FN3O4.C2H6/c1-34-25-15-22-23(16-26(25)35-2)30-14-11-24(22)36-21-9-7-19(8-10-21)31-17-28(12-13-28)27(33)32-20-5-3-18(29)4-6-20;1-2/h3-11,14-16,31H,12-13,17H2,1-2H3,(H,32,33);1-2H3. The molecule has 0 radical (unpaired) electrons. The first kappa shape index (κ1) is 26.7. The molecule has 4 aromatic rings. The molecule has 1 saturated carbocycles. The van der Waals surface area contributed by atoms with E-state index in [-0.39, 0.29) is 11.7 Å². The predicted octanol–water partition coefficient (Wildman–Crippen LogP) is 7.04. The molecular formula is C30H32FN3O4. The fraction of sp³-hybridized carbons (Fsp3) is 0.267. The third-order valence-corrected chi connectivity index (χ3v) is 6.36. The van der Waals surface area contributed by atoms with Crippen molar-refractivity contribution in [3.8, 4) is 23.0 Å². The lowest BCUT2D eigenvalue weighted by Crippen LogP contribution is -2.30. The SMILES string of the molecule is CC.COc1cc2nccc(Oc3ccc(NCC4(C(=O)Nc5ccc(F)cc5)CC4)cc3)c2cc1OC. The van der Waals surface area contributed by atoms with Gasteiger partial charge in [0.05, 0.1) is 25.2 Å². The molecule has 0 bridgehead atoms. The smallest absolute Gasteiger partial charge is 0.232 e. The summed E-state index contributed by atoms with van der Waals surface area (Å²) in [6, 6.07) is 18.8. The van der Waals surface area contributed by atoms with Crippen LogP contribution in [0.15, 0.2) is 72.9 Å². The third kappa shape index (κ3) is 5.96. The van der Waals surface area contributed by atoms with E-state index >= 15 is 0 Å². The Morgan fingerprint density at radius 2 is 1.53 bits per heavy atom. The second kappa shape index (κ2) is 11.8. The van der Waals surface area contributed by atoms with E-state index in [9.17, 15) is 9.18 Å². The highest BCUT2D eigenvalue weighted by atomic mass is 19.1. The maximum atomic E-state index is 13.1. The van der Waals surface area contributed by atoms with E-state index in [1.54, 1.807) is 38.6 Å². The minimum Gasteiger partial charge on any atom is -0.493 e. The van der Waals surface area contributed by atoms with Crippen LogP contribution in [0.5, 0.6) is 23.0 Å². The minimum atomic E-state index is -0.459. The van der Waals surface area contributed by atoms with Crippen molar-refractivity contribution in [2.24, 2.45) is 5.41 Å². The predicted molar refractivity (Wildman–Crippen MR) is 148 cm³/mol. The molecule has 0 saturated heterocycles. The number of ether oxygens (including phenoxy) is 3. The number of methoxy groups -OCH3 is 2. The Balaban J connectivity index is 0.00000164. The first-order chi connectivity index (χ1) is 18.5. The van der Waals surface area contributed by atoms with E-state index in [1.165, 1.54) is 12.1 Å². The molecule has 1 amide bonds. The van der Waals surface area contributed by atoms with Crippen LogP contribution in [-0.2, 0) is 4.79 Å². The van der Waals surface area contributed by atoms with Gasteiger partial charge in [-0.15, -0.1) is 0 Å². The van der Waals surface area contributed by atoms with Gasteiger partial charge in [0, 0.05) is 35.6 Å². The van der Waals surface area contributed by atoms with Gasteiger partial charge >= 0.3 is 0 Å². The molecule has 1 fully saturated rings. The number of rotatable bonds is 9. The van der Waals surface area contributed by atoms with E-state index in [0.29, 0.717) is 35.2 Å². The first-order valence-electron chi connectivity index (χ1n) is 12.6. The van der Waals surface area contributed by atoms with Crippen LogP contribution in [0.3, 0.4) is 0 Å². The number of carbonyl (C=O) groups excluding carboxylic acids is 1. The average Bonchev–Trinajstić information content (AvgIpc) is 3.76. The van der Waals surface area contributed by atoms with Gasteiger partial charge in [-0.3, -0.25) is 9.78 Å². The highest BCUT2D eigenvalue weighted by Gasteiger charge is 2.49. The van der Waals surface area contributed by atoms with Crippen molar-refractivity contribution in [3.63, 3.8) is 0 Å². The summed E-state index contributed by atoms with van der Waals surface area (Å²) < 4.78 is 30.0. The molecule has 38 heavy (non-hydrogen) atoms. The topological polar surface area (TPSA) is 81.7 Å². The summed E-state index contributed by atoms with van der Waals surface area (Å²) in [5.41, 5.74) is 1.75. The third-order valence-electron chi connectivity index (χ3n) is 6.36. The second-order valence-corrected chi connectivity index (χ2v) is 8.75. The number of fused-ring (bicyclic) bond motifs is 1. The van der Waals surface area contributed by atoms with Crippen LogP contribution >= 0.6 is 0 Å². The zero-order valence-electron chi connectivity index (χ0n) is 22.0. The Labute approximate surface area is 221 Å². The van der Waals surface area contributed by atoms with Crippen LogP contribution in [0.2, 0.25) is 0 Å². The van der Waals surface area contributed by atoms with Crippen LogP contribution < -0.4 is 24.8 Å². The number of amides is 1. The first-order valence-corrected chi connectivity index (χ1v) is 12.6.